The first-order valence-electron chi connectivity index (χ1n) is 6.53. The second-order valence-corrected chi connectivity index (χ2v) is 4.74. The van der Waals surface area contributed by atoms with Crippen LogP contribution in [0.2, 0.25) is 0 Å². The SMILES string of the molecule is COc1cc(C=CCNCC(C)C)ccc1OC(F)F. The summed E-state index contributed by atoms with van der Waals surface area (Å²) in [6.07, 6.45) is 3.88. The van der Waals surface area contributed by atoms with Crippen LogP contribution in [0.15, 0.2) is 24.3 Å². The smallest absolute Gasteiger partial charge is 0.387 e. The van der Waals surface area contributed by atoms with Gasteiger partial charge in [0.05, 0.1) is 7.11 Å². The minimum atomic E-state index is -2.86. The monoisotopic (exact) mass is 285 g/mol. The van der Waals surface area contributed by atoms with Crippen LogP contribution in [-0.4, -0.2) is 26.8 Å². The van der Waals surface area contributed by atoms with Gasteiger partial charge in [-0.1, -0.05) is 32.1 Å². The predicted molar refractivity (Wildman–Crippen MR) is 76.4 cm³/mol. The highest BCUT2D eigenvalue weighted by Crippen LogP contribution is 2.29. The molecular weight excluding hydrogens is 264 g/mol. The maximum absolute atomic E-state index is 12.2. The summed E-state index contributed by atoms with van der Waals surface area (Å²) < 4.78 is 33.8. The van der Waals surface area contributed by atoms with E-state index in [0.29, 0.717) is 11.7 Å². The number of rotatable bonds is 8. The van der Waals surface area contributed by atoms with Crippen LogP contribution in [0, 0.1) is 5.92 Å². The molecule has 0 radical (unpaired) electrons. The topological polar surface area (TPSA) is 30.5 Å². The Labute approximate surface area is 118 Å². The zero-order chi connectivity index (χ0) is 15.0. The third kappa shape index (κ3) is 6.02. The van der Waals surface area contributed by atoms with Crippen molar-refractivity contribution >= 4 is 6.08 Å². The third-order valence-electron chi connectivity index (χ3n) is 2.53. The Bertz CT molecular complexity index is 434. The largest absolute Gasteiger partial charge is 0.493 e. The summed E-state index contributed by atoms with van der Waals surface area (Å²) in [6.45, 7) is 3.14. The number of ether oxygens (including phenoxy) is 2. The van der Waals surface area contributed by atoms with Gasteiger partial charge in [-0.3, -0.25) is 0 Å². The van der Waals surface area contributed by atoms with Gasteiger partial charge in [-0.05, 0) is 30.2 Å². The average Bonchev–Trinajstić information content (AvgIpc) is 2.38. The van der Waals surface area contributed by atoms with Crippen molar-refractivity contribution in [3.8, 4) is 11.5 Å². The normalized spacial score (nSPS) is 11.6. The maximum Gasteiger partial charge on any atom is 0.387 e. The minimum absolute atomic E-state index is 0.0394. The molecule has 0 spiro atoms. The van der Waals surface area contributed by atoms with Gasteiger partial charge in [-0.25, -0.2) is 0 Å². The lowest BCUT2D eigenvalue weighted by Gasteiger charge is -2.10. The second-order valence-electron chi connectivity index (χ2n) is 4.74. The number of halogens is 2. The summed E-state index contributed by atoms with van der Waals surface area (Å²) in [5, 5.41) is 3.28. The van der Waals surface area contributed by atoms with Gasteiger partial charge in [0.25, 0.3) is 0 Å². The van der Waals surface area contributed by atoms with Gasteiger partial charge in [0.1, 0.15) is 0 Å². The summed E-state index contributed by atoms with van der Waals surface area (Å²) in [7, 11) is 1.42. The van der Waals surface area contributed by atoms with E-state index in [4.69, 9.17) is 4.74 Å². The molecule has 0 saturated heterocycles. The van der Waals surface area contributed by atoms with Crippen LogP contribution >= 0.6 is 0 Å². The first-order chi connectivity index (χ1) is 9.52. The number of methoxy groups -OCH3 is 1. The van der Waals surface area contributed by atoms with Gasteiger partial charge in [-0.2, -0.15) is 8.78 Å². The minimum Gasteiger partial charge on any atom is -0.493 e. The van der Waals surface area contributed by atoms with Crippen molar-refractivity contribution in [1.29, 1.82) is 0 Å². The molecule has 0 bridgehead atoms. The molecule has 0 atom stereocenters. The Morgan fingerprint density at radius 2 is 2.00 bits per heavy atom. The van der Waals surface area contributed by atoms with Crippen molar-refractivity contribution < 1.29 is 18.3 Å². The molecule has 0 aliphatic carbocycles. The van der Waals surface area contributed by atoms with E-state index >= 15 is 0 Å². The lowest BCUT2D eigenvalue weighted by molar-refractivity contribution is -0.0512. The second kappa shape index (κ2) is 8.53. The fourth-order valence-electron chi connectivity index (χ4n) is 1.63. The molecule has 0 amide bonds. The van der Waals surface area contributed by atoms with Gasteiger partial charge in [0, 0.05) is 6.54 Å². The molecule has 0 fully saturated rings. The van der Waals surface area contributed by atoms with Crippen molar-refractivity contribution in [1.82, 2.24) is 5.32 Å². The zero-order valence-electron chi connectivity index (χ0n) is 12.0. The van der Waals surface area contributed by atoms with E-state index < -0.39 is 6.61 Å². The molecule has 5 heteroatoms. The molecule has 112 valence electrons. The quantitative estimate of drug-likeness (QED) is 0.741. The molecule has 1 N–H and O–H groups in total. The van der Waals surface area contributed by atoms with Gasteiger partial charge < -0.3 is 14.8 Å². The van der Waals surface area contributed by atoms with Crippen LogP contribution in [0.5, 0.6) is 11.5 Å². The number of benzene rings is 1. The van der Waals surface area contributed by atoms with Gasteiger partial charge in [0.2, 0.25) is 0 Å². The van der Waals surface area contributed by atoms with Crippen LogP contribution in [0.1, 0.15) is 19.4 Å². The first-order valence-corrected chi connectivity index (χ1v) is 6.53. The third-order valence-corrected chi connectivity index (χ3v) is 2.53. The van der Waals surface area contributed by atoms with Crippen molar-refractivity contribution in [3.05, 3.63) is 29.8 Å². The molecule has 0 heterocycles. The summed E-state index contributed by atoms with van der Waals surface area (Å²) in [5.41, 5.74) is 0.870. The summed E-state index contributed by atoms with van der Waals surface area (Å²) in [6, 6.07) is 4.85. The summed E-state index contributed by atoms with van der Waals surface area (Å²) in [5.74, 6) is 0.939. The van der Waals surface area contributed by atoms with Crippen molar-refractivity contribution in [2.75, 3.05) is 20.2 Å². The number of alkyl halides is 2. The summed E-state index contributed by atoms with van der Waals surface area (Å²) >= 11 is 0. The van der Waals surface area contributed by atoms with E-state index in [1.165, 1.54) is 13.2 Å². The van der Waals surface area contributed by atoms with Gasteiger partial charge in [-0.15, -0.1) is 0 Å². The highest BCUT2D eigenvalue weighted by atomic mass is 19.3. The molecule has 20 heavy (non-hydrogen) atoms. The van der Waals surface area contributed by atoms with E-state index in [0.717, 1.165) is 18.7 Å². The van der Waals surface area contributed by atoms with Crippen LogP contribution in [-0.2, 0) is 0 Å². The van der Waals surface area contributed by atoms with Gasteiger partial charge in [0.15, 0.2) is 11.5 Å². The maximum atomic E-state index is 12.2. The van der Waals surface area contributed by atoms with Crippen molar-refractivity contribution in [3.63, 3.8) is 0 Å². The predicted octanol–water partition coefficient (Wildman–Crippen LogP) is 3.56. The van der Waals surface area contributed by atoms with Crippen molar-refractivity contribution in [2.45, 2.75) is 20.5 Å². The van der Waals surface area contributed by atoms with Crippen molar-refractivity contribution in [2.24, 2.45) is 5.92 Å². The fraction of sp³-hybridized carbons (Fsp3) is 0.467. The number of nitrogens with one attached hydrogen (secondary N) is 1. The average molecular weight is 285 g/mol. The molecule has 3 nitrogen and oxygen atoms in total. The zero-order valence-corrected chi connectivity index (χ0v) is 12.0. The van der Waals surface area contributed by atoms with E-state index in [9.17, 15) is 8.78 Å². The van der Waals surface area contributed by atoms with Crippen LogP contribution in [0.3, 0.4) is 0 Å². The molecule has 0 saturated carbocycles. The molecule has 0 aliphatic rings. The summed E-state index contributed by atoms with van der Waals surface area (Å²) in [4.78, 5) is 0. The lowest BCUT2D eigenvalue weighted by atomic mass is 10.2. The standard InChI is InChI=1S/C15H21F2NO2/c1-11(2)10-18-8-4-5-12-6-7-13(20-15(16)17)14(9-12)19-3/h4-7,9,11,15,18H,8,10H2,1-3H3. The van der Waals surface area contributed by atoms with E-state index in [-0.39, 0.29) is 5.75 Å². The molecule has 0 aromatic heterocycles. The lowest BCUT2D eigenvalue weighted by Crippen LogP contribution is -2.19. The van der Waals surface area contributed by atoms with E-state index in [2.05, 4.69) is 23.9 Å². The van der Waals surface area contributed by atoms with E-state index in [1.54, 1.807) is 12.1 Å². The Kier molecular flexibility index (Phi) is 7.01. The van der Waals surface area contributed by atoms with Gasteiger partial charge >= 0.3 is 6.61 Å². The molecule has 1 rings (SSSR count). The molecule has 1 aromatic rings. The fourth-order valence-corrected chi connectivity index (χ4v) is 1.63. The molecular formula is C15H21F2NO2. The van der Waals surface area contributed by atoms with Crippen LogP contribution in [0.4, 0.5) is 8.78 Å². The Morgan fingerprint density at radius 3 is 2.60 bits per heavy atom. The first kappa shape index (κ1) is 16.4. The number of hydrogen-bond acceptors (Lipinski definition) is 3. The molecule has 0 unspecified atom stereocenters. The highest BCUT2D eigenvalue weighted by Gasteiger charge is 2.10. The molecule has 1 aromatic carbocycles. The molecule has 0 aliphatic heterocycles. The van der Waals surface area contributed by atoms with Crippen LogP contribution in [0.25, 0.3) is 6.08 Å². The Morgan fingerprint density at radius 1 is 1.25 bits per heavy atom. The highest BCUT2D eigenvalue weighted by molar-refractivity contribution is 5.56. The van der Waals surface area contributed by atoms with E-state index in [1.807, 2.05) is 12.2 Å². The Balaban J connectivity index is 2.61. The Hall–Kier alpha value is -1.62. The van der Waals surface area contributed by atoms with Crippen LogP contribution < -0.4 is 14.8 Å². The number of hydrogen-bond donors (Lipinski definition) is 1.